The van der Waals surface area contributed by atoms with Crippen LogP contribution in [0.1, 0.15) is 37.2 Å². The Kier molecular flexibility index (Phi) is 3.74. The number of aryl methyl sites for hydroxylation is 1. The number of carbonyl (C=O) groups excluding carboxylic acids is 1. The second-order valence-corrected chi connectivity index (χ2v) is 7.11. The molecule has 27 heavy (non-hydrogen) atoms. The number of pyridine rings is 1. The van der Waals surface area contributed by atoms with Crippen LogP contribution in [0.4, 0.5) is 0 Å². The Bertz CT molecular complexity index is 1040. The van der Waals surface area contributed by atoms with Gasteiger partial charge in [-0.2, -0.15) is 5.10 Å². The van der Waals surface area contributed by atoms with Crippen molar-refractivity contribution in [2.24, 2.45) is 5.73 Å². The Morgan fingerprint density at radius 3 is 2.89 bits per heavy atom. The van der Waals surface area contributed by atoms with Gasteiger partial charge in [-0.3, -0.25) is 9.48 Å². The number of carbonyl (C=O) groups is 1. The molecular weight excluding hydrogens is 344 g/mol. The van der Waals surface area contributed by atoms with Crippen LogP contribution in [0.15, 0.2) is 30.5 Å². The number of primary amides is 1. The quantitative estimate of drug-likeness (QED) is 0.726. The molecule has 138 valence electrons. The molecule has 7 heteroatoms. The van der Waals surface area contributed by atoms with Crippen LogP contribution in [0, 0.1) is 0 Å². The molecule has 1 aromatic carbocycles. The first kappa shape index (κ1) is 16.1. The maximum absolute atomic E-state index is 11.0. The second-order valence-electron chi connectivity index (χ2n) is 7.11. The minimum atomic E-state index is -0.280. The molecule has 0 radical (unpaired) electrons. The SMILES string of the molecule is NC(=O)CCCn1ncc2nc(-c3ccc4c(c3)OCO4)cc(C3CC3)c21. The van der Waals surface area contributed by atoms with Gasteiger partial charge in [0.1, 0.15) is 5.52 Å². The zero-order chi connectivity index (χ0) is 18.4. The van der Waals surface area contributed by atoms with Gasteiger partial charge in [-0.1, -0.05) is 0 Å². The van der Waals surface area contributed by atoms with Gasteiger partial charge in [0.05, 0.1) is 17.4 Å². The summed E-state index contributed by atoms with van der Waals surface area (Å²) < 4.78 is 12.9. The third-order valence-electron chi connectivity index (χ3n) is 5.11. The molecule has 0 atom stereocenters. The predicted molar refractivity (Wildman–Crippen MR) is 99.5 cm³/mol. The zero-order valence-electron chi connectivity index (χ0n) is 14.9. The van der Waals surface area contributed by atoms with Crippen molar-refractivity contribution >= 4 is 16.9 Å². The van der Waals surface area contributed by atoms with Crippen LogP contribution < -0.4 is 15.2 Å². The summed E-state index contributed by atoms with van der Waals surface area (Å²) in [6.07, 6.45) is 5.23. The topological polar surface area (TPSA) is 92.3 Å². The van der Waals surface area contributed by atoms with Gasteiger partial charge >= 0.3 is 0 Å². The fourth-order valence-electron chi connectivity index (χ4n) is 3.61. The maximum Gasteiger partial charge on any atom is 0.231 e. The number of aromatic nitrogens is 3. The van der Waals surface area contributed by atoms with E-state index in [9.17, 15) is 4.79 Å². The molecule has 2 N–H and O–H groups in total. The van der Waals surface area contributed by atoms with Gasteiger partial charge in [-0.05, 0) is 55.0 Å². The number of amides is 1. The molecule has 0 spiro atoms. The van der Waals surface area contributed by atoms with Crippen LogP contribution >= 0.6 is 0 Å². The number of hydrogen-bond acceptors (Lipinski definition) is 5. The number of rotatable bonds is 6. The summed E-state index contributed by atoms with van der Waals surface area (Å²) in [5.74, 6) is 1.79. The van der Waals surface area contributed by atoms with E-state index in [1.165, 1.54) is 18.4 Å². The van der Waals surface area contributed by atoms with Gasteiger partial charge in [0.2, 0.25) is 12.7 Å². The van der Waals surface area contributed by atoms with Gasteiger partial charge in [0.25, 0.3) is 0 Å². The highest BCUT2D eigenvalue weighted by molar-refractivity contribution is 5.83. The van der Waals surface area contributed by atoms with E-state index in [0.29, 0.717) is 25.3 Å². The predicted octanol–water partition coefficient (Wildman–Crippen LogP) is 2.97. The summed E-state index contributed by atoms with van der Waals surface area (Å²) in [5.41, 5.74) is 10.4. The molecule has 0 unspecified atom stereocenters. The minimum Gasteiger partial charge on any atom is -0.454 e. The summed E-state index contributed by atoms with van der Waals surface area (Å²) in [5, 5.41) is 4.51. The van der Waals surface area contributed by atoms with Gasteiger partial charge in [-0.15, -0.1) is 0 Å². The van der Waals surface area contributed by atoms with Crippen molar-refractivity contribution < 1.29 is 14.3 Å². The van der Waals surface area contributed by atoms with Crippen molar-refractivity contribution in [1.29, 1.82) is 0 Å². The highest BCUT2D eigenvalue weighted by Crippen LogP contribution is 2.44. The molecule has 1 fully saturated rings. The monoisotopic (exact) mass is 364 g/mol. The highest BCUT2D eigenvalue weighted by atomic mass is 16.7. The van der Waals surface area contributed by atoms with Crippen LogP contribution in [0.3, 0.4) is 0 Å². The van der Waals surface area contributed by atoms with E-state index in [1.807, 2.05) is 29.1 Å². The molecule has 2 aromatic heterocycles. The average molecular weight is 364 g/mol. The average Bonchev–Trinajstić information content (AvgIpc) is 3.26. The van der Waals surface area contributed by atoms with Crippen molar-refractivity contribution in [2.75, 3.05) is 6.79 Å². The molecule has 1 aliphatic carbocycles. The molecule has 1 aliphatic heterocycles. The van der Waals surface area contributed by atoms with Crippen molar-refractivity contribution in [3.63, 3.8) is 0 Å². The first-order valence-electron chi connectivity index (χ1n) is 9.24. The standard InChI is InChI=1S/C20H20N4O3/c21-19(25)2-1-7-24-20-14(12-3-4-12)9-15(23-16(20)10-22-24)13-5-6-17-18(8-13)27-11-26-17/h5-6,8-10,12H,1-4,7,11H2,(H2,21,25). The molecule has 3 heterocycles. The third kappa shape index (κ3) is 2.99. The normalized spacial score (nSPS) is 15.4. The Balaban J connectivity index is 1.55. The molecule has 0 bridgehead atoms. The van der Waals surface area contributed by atoms with E-state index in [-0.39, 0.29) is 12.7 Å². The number of benzene rings is 1. The van der Waals surface area contributed by atoms with E-state index in [1.54, 1.807) is 0 Å². The fourth-order valence-corrected chi connectivity index (χ4v) is 3.61. The molecule has 2 aliphatic rings. The Morgan fingerprint density at radius 1 is 1.22 bits per heavy atom. The van der Waals surface area contributed by atoms with Gasteiger partial charge in [0.15, 0.2) is 11.5 Å². The lowest BCUT2D eigenvalue weighted by atomic mass is 10.0. The lowest BCUT2D eigenvalue weighted by Gasteiger charge is -2.10. The van der Waals surface area contributed by atoms with E-state index in [0.717, 1.165) is 33.8 Å². The lowest BCUT2D eigenvalue weighted by Crippen LogP contribution is -2.12. The van der Waals surface area contributed by atoms with E-state index in [2.05, 4.69) is 11.2 Å². The number of hydrogen-bond donors (Lipinski definition) is 1. The van der Waals surface area contributed by atoms with Crippen molar-refractivity contribution in [2.45, 2.75) is 38.1 Å². The van der Waals surface area contributed by atoms with Crippen molar-refractivity contribution in [3.05, 3.63) is 36.0 Å². The summed E-state index contributed by atoms with van der Waals surface area (Å²) in [4.78, 5) is 15.9. The van der Waals surface area contributed by atoms with E-state index >= 15 is 0 Å². The molecule has 1 amide bonds. The van der Waals surface area contributed by atoms with Crippen LogP contribution in [-0.4, -0.2) is 27.5 Å². The molecule has 0 saturated heterocycles. The van der Waals surface area contributed by atoms with E-state index in [4.69, 9.17) is 20.2 Å². The minimum absolute atomic E-state index is 0.261. The number of nitrogens with two attached hydrogens (primary N) is 1. The maximum atomic E-state index is 11.0. The van der Waals surface area contributed by atoms with Crippen molar-refractivity contribution in [3.8, 4) is 22.8 Å². The molecule has 5 rings (SSSR count). The number of fused-ring (bicyclic) bond motifs is 2. The summed E-state index contributed by atoms with van der Waals surface area (Å²) >= 11 is 0. The smallest absolute Gasteiger partial charge is 0.231 e. The van der Waals surface area contributed by atoms with Crippen LogP contribution in [0.2, 0.25) is 0 Å². The summed E-state index contributed by atoms with van der Waals surface area (Å²) in [7, 11) is 0. The largest absolute Gasteiger partial charge is 0.454 e. The van der Waals surface area contributed by atoms with Crippen molar-refractivity contribution in [1.82, 2.24) is 14.8 Å². The Hall–Kier alpha value is -3.09. The molecule has 1 saturated carbocycles. The highest BCUT2D eigenvalue weighted by Gasteiger charge is 2.28. The fraction of sp³-hybridized carbons (Fsp3) is 0.350. The van der Waals surface area contributed by atoms with Crippen LogP contribution in [0.25, 0.3) is 22.3 Å². The van der Waals surface area contributed by atoms with Gasteiger partial charge in [-0.25, -0.2) is 4.98 Å². The molecule has 7 nitrogen and oxygen atoms in total. The Labute approximate surface area is 156 Å². The van der Waals surface area contributed by atoms with E-state index < -0.39 is 0 Å². The zero-order valence-corrected chi connectivity index (χ0v) is 14.9. The number of ether oxygens (including phenoxy) is 2. The molecular formula is C20H20N4O3. The first-order chi connectivity index (χ1) is 13.2. The summed E-state index contributed by atoms with van der Waals surface area (Å²) in [6.45, 7) is 0.924. The Morgan fingerprint density at radius 2 is 2.07 bits per heavy atom. The number of nitrogens with zero attached hydrogens (tertiary/aromatic N) is 3. The first-order valence-corrected chi connectivity index (χ1v) is 9.24. The van der Waals surface area contributed by atoms with Gasteiger partial charge in [0, 0.05) is 18.5 Å². The molecule has 3 aromatic rings. The third-order valence-corrected chi connectivity index (χ3v) is 5.11. The van der Waals surface area contributed by atoms with Crippen LogP contribution in [0.5, 0.6) is 11.5 Å². The second kappa shape index (κ2) is 6.26. The van der Waals surface area contributed by atoms with Crippen LogP contribution in [-0.2, 0) is 11.3 Å². The van der Waals surface area contributed by atoms with Gasteiger partial charge < -0.3 is 15.2 Å². The lowest BCUT2D eigenvalue weighted by molar-refractivity contribution is -0.118. The summed E-state index contributed by atoms with van der Waals surface area (Å²) in [6, 6.07) is 8.08.